The summed E-state index contributed by atoms with van der Waals surface area (Å²) in [5.41, 5.74) is 0.859. The molecule has 0 aromatic heterocycles. The van der Waals surface area contributed by atoms with Gasteiger partial charge in [0.15, 0.2) is 0 Å². The van der Waals surface area contributed by atoms with Crippen molar-refractivity contribution in [2.45, 2.75) is 18.9 Å². The van der Waals surface area contributed by atoms with Crippen LogP contribution in [0, 0.1) is 0 Å². The Labute approximate surface area is 195 Å². The van der Waals surface area contributed by atoms with Crippen LogP contribution in [0.4, 0.5) is 11.4 Å². The van der Waals surface area contributed by atoms with Gasteiger partial charge in [-0.2, -0.15) is 0 Å². The minimum atomic E-state index is -0.456. The molecule has 2 aromatic rings. The predicted molar refractivity (Wildman–Crippen MR) is 123 cm³/mol. The molecule has 1 fully saturated rings. The molecule has 2 N–H and O–H groups in total. The Morgan fingerprint density at radius 3 is 2.45 bits per heavy atom. The second kappa shape index (κ2) is 10.4. The molecule has 2 amide bonds. The van der Waals surface area contributed by atoms with Gasteiger partial charge in [0.05, 0.1) is 48.2 Å². The summed E-state index contributed by atoms with van der Waals surface area (Å²) in [6.45, 7) is 0.656. The zero-order valence-corrected chi connectivity index (χ0v) is 19.3. The molecule has 0 saturated carbocycles. The standard InChI is InChI=1S/C21H22Cl3N3O4/c1-30-18-10-19(31-2)16(9-14(18)24)25-20(28)11-27-7-3-4-17(27)21(29)26-15-8-12(22)5-6-13(15)23/h5-6,8-10,17H,3-4,7,11H2,1-2H3,(H,25,28)(H,26,29). The van der Waals surface area contributed by atoms with Gasteiger partial charge in [-0.1, -0.05) is 34.8 Å². The van der Waals surface area contributed by atoms with Crippen LogP contribution in [0.3, 0.4) is 0 Å². The number of ether oxygens (including phenoxy) is 2. The fourth-order valence-corrected chi connectivity index (χ4v) is 4.03. The number of methoxy groups -OCH3 is 2. The Balaban J connectivity index is 1.66. The molecule has 1 atom stereocenters. The van der Waals surface area contributed by atoms with Crippen LogP contribution in [0.25, 0.3) is 0 Å². The predicted octanol–water partition coefficient (Wildman–Crippen LogP) is 4.71. The largest absolute Gasteiger partial charge is 0.495 e. The number of rotatable bonds is 7. The number of hydrogen-bond donors (Lipinski definition) is 2. The minimum Gasteiger partial charge on any atom is -0.495 e. The molecule has 1 heterocycles. The highest BCUT2D eigenvalue weighted by atomic mass is 35.5. The van der Waals surface area contributed by atoms with Crippen molar-refractivity contribution in [3.8, 4) is 11.5 Å². The molecule has 1 aliphatic heterocycles. The van der Waals surface area contributed by atoms with E-state index in [1.54, 1.807) is 30.3 Å². The van der Waals surface area contributed by atoms with Crippen molar-refractivity contribution in [2.75, 3.05) is 37.9 Å². The third-order valence-electron chi connectivity index (χ3n) is 4.95. The van der Waals surface area contributed by atoms with E-state index in [9.17, 15) is 9.59 Å². The Hall–Kier alpha value is -2.19. The SMILES string of the molecule is COc1cc(OC)c(NC(=O)CN2CCCC2C(=O)Nc2cc(Cl)ccc2Cl)cc1Cl. The number of nitrogens with zero attached hydrogens (tertiary/aromatic N) is 1. The van der Waals surface area contributed by atoms with Crippen molar-refractivity contribution >= 4 is 58.0 Å². The van der Waals surface area contributed by atoms with E-state index in [0.717, 1.165) is 6.42 Å². The average molecular weight is 487 g/mol. The number of benzene rings is 2. The smallest absolute Gasteiger partial charge is 0.241 e. The van der Waals surface area contributed by atoms with Crippen molar-refractivity contribution in [2.24, 2.45) is 0 Å². The molecule has 31 heavy (non-hydrogen) atoms. The van der Waals surface area contributed by atoms with Gasteiger partial charge in [-0.15, -0.1) is 0 Å². The molecule has 166 valence electrons. The van der Waals surface area contributed by atoms with Crippen LogP contribution in [0.2, 0.25) is 15.1 Å². The summed E-state index contributed by atoms with van der Waals surface area (Å²) in [5.74, 6) is 0.327. The van der Waals surface area contributed by atoms with Gasteiger partial charge in [-0.05, 0) is 43.7 Å². The second-order valence-corrected chi connectivity index (χ2v) is 8.23. The number of carbonyl (C=O) groups is 2. The first-order valence-corrected chi connectivity index (χ1v) is 10.7. The monoisotopic (exact) mass is 485 g/mol. The van der Waals surface area contributed by atoms with Crippen LogP contribution >= 0.6 is 34.8 Å². The quantitative estimate of drug-likeness (QED) is 0.593. The summed E-state index contributed by atoms with van der Waals surface area (Å²) in [4.78, 5) is 27.3. The minimum absolute atomic E-state index is 0.0359. The first-order valence-electron chi connectivity index (χ1n) is 9.53. The molecule has 1 unspecified atom stereocenters. The zero-order valence-electron chi connectivity index (χ0n) is 17.0. The lowest BCUT2D eigenvalue weighted by Gasteiger charge is -2.23. The van der Waals surface area contributed by atoms with Crippen LogP contribution in [-0.4, -0.2) is 50.1 Å². The van der Waals surface area contributed by atoms with E-state index in [0.29, 0.717) is 50.9 Å². The summed E-state index contributed by atoms with van der Waals surface area (Å²) >= 11 is 18.3. The molecule has 2 aromatic carbocycles. The van der Waals surface area contributed by atoms with Crippen LogP contribution < -0.4 is 20.1 Å². The van der Waals surface area contributed by atoms with Crippen LogP contribution in [0.1, 0.15) is 12.8 Å². The van der Waals surface area contributed by atoms with Crippen molar-refractivity contribution < 1.29 is 19.1 Å². The fraction of sp³-hybridized carbons (Fsp3) is 0.333. The molecule has 0 spiro atoms. The Bertz CT molecular complexity index is 987. The summed E-state index contributed by atoms with van der Waals surface area (Å²) in [5, 5.41) is 6.80. The molecule has 1 aliphatic rings. The van der Waals surface area contributed by atoms with E-state index in [2.05, 4.69) is 10.6 Å². The molecule has 0 bridgehead atoms. The third kappa shape index (κ3) is 5.74. The van der Waals surface area contributed by atoms with Gasteiger partial charge >= 0.3 is 0 Å². The summed E-state index contributed by atoms with van der Waals surface area (Å²) < 4.78 is 10.5. The number of carbonyl (C=O) groups excluding carboxylic acids is 2. The normalized spacial score (nSPS) is 16.1. The molecular weight excluding hydrogens is 465 g/mol. The number of amides is 2. The van der Waals surface area contributed by atoms with Gasteiger partial charge in [-0.25, -0.2) is 0 Å². The molecule has 10 heteroatoms. The maximum atomic E-state index is 12.8. The Morgan fingerprint density at radius 2 is 1.74 bits per heavy atom. The van der Waals surface area contributed by atoms with Gasteiger partial charge in [0.25, 0.3) is 0 Å². The number of nitrogens with one attached hydrogen (secondary N) is 2. The third-order valence-corrected chi connectivity index (χ3v) is 5.81. The number of anilines is 2. The van der Waals surface area contributed by atoms with E-state index in [-0.39, 0.29) is 18.4 Å². The van der Waals surface area contributed by atoms with Gasteiger partial charge < -0.3 is 20.1 Å². The molecular formula is C21H22Cl3N3O4. The van der Waals surface area contributed by atoms with Crippen LogP contribution in [0.15, 0.2) is 30.3 Å². The van der Waals surface area contributed by atoms with Crippen molar-refractivity contribution in [1.82, 2.24) is 4.90 Å². The summed E-state index contributed by atoms with van der Waals surface area (Å²) in [7, 11) is 2.98. The van der Waals surface area contributed by atoms with Crippen LogP contribution in [0.5, 0.6) is 11.5 Å². The first-order chi connectivity index (χ1) is 14.8. The lowest BCUT2D eigenvalue weighted by molar-refractivity contribution is -0.122. The van der Waals surface area contributed by atoms with Crippen LogP contribution in [-0.2, 0) is 9.59 Å². The lowest BCUT2D eigenvalue weighted by atomic mass is 10.2. The van der Waals surface area contributed by atoms with E-state index >= 15 is 0 Å². The molecule has 3 rings (SSSR count). The second-order valence-electron chi connectivity index (χ2n) is 6.98. The van der Waals surface area contributed by atoms with Gasteiger partial charge in [0.1, 0.15) is 11.5 Å². The first kappa shape index (κ1) is 23.5. The van der Waals surface area contributed by atoms with Gasteiger partial charge in [0.2, 0.25) is 11.8 Å². The van der Waals surface area contributed by atoms with Gasteiger partial charge in [0, 0.05) is 11.1 Å². The molecule has 0 aliphatic carbocycles. The zero-order chi connectivity index (χ0) is 22.5. The molecule has 7 nitrogen and oxygen atoms in total. The summed E-state index contributed by atoms with van der Waals surface area (Å²) in [6.07, 6.45) is 1.43. The summed E-state index contributed by atoms with van der Waals surface area (Å²) in [6, 6.07) is 7.55. The van der Waals surface area contributed by atoms with E-state index in [1.807, 2.05) is 4.90 Å². The Kier molecular flexibility index (Phi) is 7.89. The topological polar surface area (TPSA) is 79.9 Å². The van der Waals surface area contributed by atoms with Gasteiger partial charge in [-0.3, -0.25) is 14.5 Å². The lowest BCUT2D eigenvalue weighted by Crippen LogP contribution is -2.43. The highest BCUT2D eigenvalue weighted by Gasteiger charge is 2.32. The molecule has 1 saturated heterocycles. The van der Waals surface area contributed by atoms with E-state index in [4.69, 9.17) is 44.3 Å². The van der Waals surface area contributed by atoms with Crippen molar-refractivity contribution in [3.05, 3.63) is 45.4 Å². The number of hydrogen-bond acceptors (Lipinski definition) is 5. The highest BCUT2D eigenvalue weighted by molar-refractivity contribution is 6.35. The maximum absolute atomic E-state index is 12.8. The fourth-order valence-electron chi connectivity index (χ4n) is 3.45. The van der Waals surface area contributed by atoms with E-state index in [1.165, 1.54) is 14.2 Å². The number of likely N-dealkylation sites (tertiary alicyclic amines) is 1. The Morgan fingerprint density at radius 1 is 1.00 bits per heavy atom. The maximum Gasteiger partial charge on any atom is 0.241 e. The number of halogens is 3. The molecule has 0 radical (unpaired) electrons. The van der Waals surface area contributed by atoms with E-state index < -0.39 is 6.04 Å². The highest BCUT2D eigenvalue weighted by Crippen LogP contribution is 2.36. The van der Waals surface area contributed by atoms with Crippen molar-refractivity contribution in [1.29, 1.82) is 0 Å². The average Bonchev–Trinajstić information content (AvgIpc) is 3.19. The van der Waals surface area contributed by atoms with Crippen molar-refractivity contribution in [3.63, 3.8) is 0 Å².